The summed E-state index contributed by atoms with van der Waals surface area (Å²) in [7, 11) is 7.17. The first-order valence-corrected chi connectivity index (χ1v) is 12.4. The minimum Gasteiger partial charge on any atom is -0.495 e. The number of aromatic amines is 1. The van der Waals surface area contributed by atoms with E-state index in [0.29, 0.717) is 33.4 Å². The lowest BCUT2D eigenvalue weighted by atomic mass is 10.2. The first kappa shape index (κ1) is 24.9. The maximum Gasteiger partial charge on any atom is 0.328 e. The SMILES string of the molecule is COc1cc(-n2[nH]c(C)c(C=Nc3cc4c(cc3N3CCN(C)CC3)n(C)c(=O)n4C)c2=O)ccc1Cl. The van der Waals surface area contributed by atoms with Gasteiger partial charge in [-0.05, 0) is 38.2 Å². The summed E-state index contributed by atoms with van der Waals surface area (Å²) in [6.07, 6.45) is 1.60. The molecule has 5 rings (SSSR count). The van der Waals surface area contributed by atoms with Gasteiger partial charge in [-0.1, -0.05) is 11.6 Å². The number of nitrogens with one attached hydrogen (secondary N) is 1. The van der Waals surface area contributed by atoms with Gasteiger partial charge in [0, 0.05) is 58.2 Å². The van der Waals surface area contributed by atoms with Crippen molar-refractivity contribution >= 4 is 40.2 Å². The largest absolute Gasteiger partial charge is 0.495 e. The summed E-state index contributed by atoms with van der Waals surface area (Å²) in [5.74, 6) is 0.479. The van der Waals surface area contributed by atoms with E-state index >= 15 is 0 Å². The second-order valence-corrected chi connectivity index (χ2v) is 9.80. The first-order valence-electron chi connectivity index (χ1n) is 12.0. The second-order valence-electron chi connectivity index (χ2n) is 9.39. The number of aryl methyl sites for hydroxylation is 3. The molecule has 0 bridgehead atoms. The van der Waals surface area contributed by atoms with Crippen molar-refractivity contribution in [2.24, 2.45) is 19.1 Å². The molecule has 0 saturated carbocycles. The van der Waals surface area contributed by atoms with Crippen LogP contribution in [0.1, 0.15) is 11.3 Å². The maximum atomic E-state index is 13.3. The molecule has 1 N–H and O–H groups in total. The number of aliphatic imine (C=N–C) groups is 1. The molecular weight excluding hydrogens is 494 g/mol. The number of anilines is 1. The quantitative estimate of drug-likeness (QED) is 0.406. The van der Waals surface area contributed by atoms with Gasteiger partial charge in [0.15, 0.2) is 0 Å². The van der Waals surface area contributed by atoms with Crippen LogP contribution in [0.15, 0.2) is 44.9 Å². The highest BCUT2D eigenvalue weighted by Gasteiger charge is 2.20. The molecule has 2 aromatic carbocycles. The van der Waals surface area contributed by atoms with Gasteiger partial charge in [0.2, 0.25) is 0 Å². The van der Waals surface area contributed by atoms with Crippen molar-refractivity contribution in [2.45, 2.75) is 6.92 Å². The molecule has 0 aliphatic carbocycles. The van der Waals surface area contributed by atoms with E-state index in [1.807, 2.05) is 19.1 Å². The smallest absolute Gasteiger partial charge is 0.328 e. The fraction of sp³-hybridized carbons (Fsp3) is 0.346. The summed E-state index contributed by atoms with van der Waals surface area (Å²) in [5.41, 5.74) is 4.67. The third kappa shape index (κ3) is 4.36. The lowest BCUT2D eigenvalue weighted by Gasteiger charge is -2.34. The Bertz CT molecular complexity index is 1630. The summed E-state index contributed by atoms with van der Waals surface area (Å²) in [4.78, 5) is 35.3. The van der Waals surface area contributed by atoms with E-state index in [1.54, 1.807) is 47.6 Å². The van der Waals surface area contributed by atoms with Crippen molar-refractivity contribution in [3.8, 4) is 11.4 Å². The Kier molecular flexibility index (Phi) is 6.47. The van der Waals surface area contributed by atoms with Gasteiger partial charge in [0.1, 0.15) is 5.75 Å². The number of hydrogen-bond acceptors (Lipinski definition) is 6. The van der Waals surface area contributed by atoms with Crippen LogP contribution >= 0.6 is 11.6 Å². The zero-order valence-electron chi connectivity index (χ0n) is 21.6. The van der Waals surface area contributed by atoms with Gasteiger partial charge < -0.3 is 14.5 Å². The maximum absolute atomic E-state index is 13.3. The monoisotopic (exact) mass is 523 g/mol. The Hall–Kier alpha value is -3.76. The Morgan fingerprint density at radius 2 is 1.68 bits per heavy atom. The van der Waals surface area contributed by atoms with E-state index in [9.17, 15) is 9.59 Å². The molecule has 0 amide bonds. The fourth-order valence-electron chi connectivity index (χ4n) is 4.74. The number of aromatic nitrogens is 4. The van der Waals surface area contributed by atoms with Gasteiger partial charge in [-0.3, -0.25) is 24.0 Å². The van der Waals surface area contributed by atoms with Crippen molar-refractivity contribution in [3.63, 3.8) is 0 Å². The van der Waals surface area contributed by atoms with E-state index in [2.05, 4.69) is 21.9 Å². The van der Waals surface area contributed by atoms with E-state index < -0.39 is 0 Å². The standard InChI is InChI=1S/C26H30ClN7O3/c1-16-18(25(35)34(29-16)17-6-7-19(27)24(12-17)37-5)15-28-20-13-22-23(32(4)26(36)31(22)3)14-21(20)33-10-8-30(2)9-11-33/h6-7,12-15,29H,8-11H2,1-5H3. The molecule has 3 heterocycles. The number of nitrogens with zero attached hydrogens (tertiary/aromatic N) is 6. The summed E-state index contributed by atoms with van der Waals surface area (Å²) in [6.45, 7) is 5.39. The van der Waals surface area contributed by atoms with Crippen molar-refractivity contribution in [1.29, 1.82) is 0 Å². The average Bonchev–Trinajstić information content (AvgIpc) is 3.29. The number of hydrogen-bond donors (Lipinski definition) is 1. The fourth-order valence-corrected chi connectivity index (χ4v) is 4.94. The topological polar surface area (TPSA) is 92.8 Å². The highest BCUT2D eigenvalue weighted by molar-refractivity contribution is 6.32. The van der Waals surface area contributed by atoms with Gasteiger partial charge in [-0.2, -0.15) is 0 Å². The van der Waals surface area contributed by atoms with Crippen LogP contribution in [0.3, 0.4) is 0 Å². The van der Waals surface area contributed by atoms with Gasteiger partial charge in [0.05, 0.1) is 45.8 Å². The number of piperazine rings is 1. The highest BCUT2D eigenvalue weighted by Crippen LogP contribution is 2.34. The van der Waals surface area contributed by atoms with Crippen LogP contribution in [-0.4, -0.2) is 70.4 Å². The van der Waals surface area contributed by atoms with Gasteiger partial charge in [-0.15, -0.1) is 0 Å². The Balaban J connectivity index is 1.60. The Labute approximate surface area is 218 Å². The van der Waals surface area contributed by atoms with Crippen LogP contribution in [0.25, 0.3) is 16.7 Å². The third-order valence-electron chi connectivity index (χ3n) is 7.05. The lowest BCUT2D eigenvalue weighted by Crippen LogP contribution is -2.44. The van der Waals surface area contributed by atoms with E-state index in [1.165, 1.54) is 11.8 Å². The summed E-state index contributed by atoms with van der Waals surface area (Å²) < 4.78 is 10.0. The molecule has 4 aromatic rings. The molecule has 10 nitrogen and oxygen atoms in total. The molecule has 1 aliphatic heterocycles. The number of halogens is 1. The van der Waals surface area contributed by atoms with Gasteiger partial charge in [0.25, 0.3) is 5.56 Å². The van der Waals surface area contributed by atoms with Crippen LogP contribution in [-0.2, 0) is 14.1 Å². The number of rotatable bonds is 5. The van der Waals surface area contributed by atoms with Crippen LogP contribution < -0.4 is 20.9 Å². The summed E-state index contributed by atoms with van der Waals surface area (Å²) >= 11 is 6.16. The number of benzene rings is 2. The number of fused-ring (bicyclic) bond motifs is 1. The lowest BCUT2D eigenvalue weighted by molar-refractivity contribution is 0.313. The van der Waals surface area contributed by atoms with E-state index in [4.69, 9.17) is 21.3 Å². The molecule has 1 fully saturated rings. The van der Waals surface area contributed by atoms with Gasteiger partial charge >= 0.3 is 5.69 Å². The molecule has 0 unspecified atom stereocenters. The molecule has 0 spiro atoms. The molecular formula is C26H30ClN7O3. The molecule has 1 aliphatic rings. The van der Waals surface area contributed by atoms with Crippen LogP contribution in [0, 0.1) is 6.92 Å². The van der Waals surface area contributed by atoms with E-state index in [-0.39, 0.29) is 11.2 Å². The van der Waals surface area contributed by atoms with Crippen LogP contribution in [0.5, 0.6) is 5.75 Å². The third-order valence-corrected chi connectivity index (χ3v) is 7.37. The molecule has 2 aromatic heterocycles. The molecule has 0 radical (unpaired) electrons. The second kappa shape index (κ2) is 9.60. The van der Waals surface area contributed by atoms with Crippen molar-refractivity contribution in [2.75, 3.05) is 45.2 Å². The molecule has 0 atom stereocenters. The number of imidazole rings is 1. The average molecular weight is 524 g/mol. The minimum absolute atomic E-state index is 0.0942. The predicted octanol–water partition coefficient (Wildman–Crippen LogP) is 2.83. The molecule has 194 valence electrons. The normalized spacial score (nSPS) is 14.8. The van der Waals surface area contributed by atoms with Crippen molar-refractivity contribution in [1.82, 2.24) is 23.8 Å². The van der Waals surface area contributed by atoms with Crippen LogP contribution in [0.2, 0.25) is 5.02 Å². The van der Waals surface area contributed by atoms with Gasteiger partial charge in [-0.25, -0.2) is 9.48 Å². The zero-order valence-corrected chi connectivity index (χ0v) is 22.3. The summed E-state index contributed by atoms with van der Waals surface area (Å²) in [6, 6.07) is 9.09. The summed E-state index contributed by atoms with van der Waals surface area (Å²) in [5, 5.41) is 3.58. The molecule has 37 heavy (non-hydrogen) atoms. The van der Waals surface area contributed by atoms with Crippen molar-refractivity contribution in [3.05, 3.63) is 67.4 Å². The number of ether oxygens (including phenoxy) is 1. The minimum atomic E-state index is -0.236. The predicted molar refractivity (Wildman–Crippen MR) is 148 cm³/mol. The van der Waals surface area contributed by atoms with Crippen molar-refractivity contribution < 1.29 is 4.74 Å². The number of likely N-dealkylation sites (N-methyl/N-ethyl adjacent to an activating group) is 1. The number of H-pyrrole nitrogens is 1. The first-order chi connectivity index (χ1) is 17.7. The Morgan fingerprint density at radius 3 is 2.35 bits per heavy atom. The number of methoxy groups -OCH3 is 1. The molecule has 1 saturated heterocycles. The highest BCUT2D eigenvalue weighted by atomic mass is 35.5. The van der Waals surface area contributed by atoms with E-state index in [0.717, 1.165) is 42.9 Å². The zero-order chi connectivity index (χ0) is 26.4. The molecule has 11 heteroatoms. The Morgan fingerprint density at radius 1 is 1.00 bits per heavy atom. The van der Waals surface area contributed by atoms with Crippen LogP contribution in [0.4, 0.5) is 11.4 Å².